The summed E-state index contributed by atoms with van der Waals surface area (Å²) in [4.78, 5) is 4.44. The summed E-state index contributed by atoms with van der Waals surface area (Å²) in [6.45, 7) is 11.0. The average Bonchev–Trinajstić information content (AvgIpc) is 2.03. The molecule has 0 aliphatic rings. The highest BCUT2D eigenvalue weighted by atomic mass is 14.7. The maximum atomic E-state index is 4.44. The molecular weight excluding hydrogens is 170 g/mol. The molecule has 80 valence electrons. The molecule has 0 saturated carbocycles. The van der Waals surface area contributed by atoms with Gasteiger partial charge in [-0.2, -0.15) is 0 Å². The molecule has 0 unspecified atom stereocenters. The van der Waals surface area contributed by atoms with Crippen LogP contribution in [0.4, 0.5) is 0 Å². The molecule has 0 aromatic carbocycles. The number of hydrogen-bond acceptors (Lipinski definition) is 1. The third kappa shape index (κ3) is 3.13. The highest BCUT2D eigenvalue weighted by molar-refractivity contribution is 5.22. The predicted molar refractivity (Wildman–Crippen MR) is 63.8 cm³/mol. The van der Waals surface area contributed by atoms with Gasteiger partial charge in [0.25, 0.3) is 0 Å². The lowest BCUT2D eigenvalue weighted by atomic mass is 9.88. The molecule has 1 heterocycles. The zero-order chi connectivity index (χ0) is 10.1. The van der Waals surface area contributed by atoms with Crippen LogP contribution in [-0.2, 0) is 5.41 Å². The van der Waals surface area contributed by atoms with Gasteiger partial charge in [0.05, 0.1) is 0 Å². The van der Waals surface area contributed by atoms with Crippen molar-refractivity contribution in [1.29, 1.82) is 0 Å². The third-order valence-electron chi connectivity index (χ3n) is 2.24. The van der Waals surface area contributed by atoms with Gasteiger partial charge in [-0.05, 0) is 23.0 Å². The van der Waals surface area contributed by atoms with Crippen molar-refractivity contribution in [3.8, 4) is 0 Å². The second-order valence-electron chi connectivity index (χ2n) is 4.88. The zero-order valence-electron chi connectivity index (χ0n) is 9.26. The van der Waals surface area contributed by atoms with Gasteiger partial charge in [-0.1, -0.05) is 48.1 Å². The van der Waals surface area contributed by atoms with E-state index >= 15 is 0 Å². The van der Waals surface area contributed by atoms with Gasteiger partial charge in [0.1, 0.15) is 0 Å². The molecule has 0 atom stereocenters. The minimum atomic E-state index is 0. The number of hydrogen-bond donors (Lipinski definition) is 0. The Morgan fingerprint density at radius 3 is 2.00 bits per heavy atom. The SMILES string of the molecule is C.CC(C)c1ccc(C(C)(C)C)cn1. The molecule has 14 heavy (non-hydrogen) atoms. The van der Waals surface area contributed by atoms with Gasteiger partial charge in [-0.15, -0.1) is 0 Å². The first-order valence-corrected chi connectivity index (χ1v) is 4.87. The zero-order valence-corrected chi connectivity index (χ0v) is 9.26. The van der Waals surface area contributed by atoms with Crippen LogP contribution in [0.5, 0.6) is 0 Å². The van der Waals surface area contributed by atoms with E-state index in [4.69, 9.17) is 0 Å². The molecule has 0 N–H and O–H groups in total. The van der Waals surface area contributed by atoms with Crippen molar-refractivity contribution in [2.24, 2.45) is 0 Å². The topological polar surface area (TPSA) is 12.9 Å². The fourth-order valence-electron chi connectivity index (χ4n) is 1.19. The smallest absolute Gasteiger partial charge is 0.0429 e. The molecule has 0 radical (unpaired) electrons. The summed E-state index contributed by atoms with van der Waals surface area (Å²) in [6, 6.07) is 4.31. The number of pyridine rings is 1. The minimum absolute atomic E-state index is 0. The maximum Gasteiger partial charge on any atom is 0.0429 e. The van der Waals surface area contributed by atoms with Crippen molar-refractivity contribution in [3.63, 3.8) is 0 Å². The second-order valence-corrected chi connectivity index (χ2v) is 4.88. The molecule has 0 saturated heterocycles. The molecule has 0 bridgehead atoms. The Labute approximate surface area is 88.6 Å². The van der Waals surface area contributed by atoms with E-state index in [1.807, 2.05) is 6.20 Å². The molecule has 0 fully saturated rings. The van der Waals surface area contributed by atoms with Crippen molar-refractivity contribution in [3.05, 3.63) is 29.6 Å². The molecule has 0 amide bonds. The van der Waals surface area contributed by atoms with E-state index in [9.17, 15) is 0 Å². The molecule has 1 rings (SSSR count). The van der Waals surface area contributed by atoms with Gasteiger partial charge in [0.15, 0.2) is 0 Å². The molecular formula is C13H23N. The summed E-state index contributed by atoms with van der Waals surface area (Å²) in [5.74, 6) is 0.522. The van der Waals surface area contributed by atoms with Crippen LogP contribution in [0.2, 0.25) is 0 Å². The number of nitrogens with zero attached hydrogens (tertiary/aromatic N) is 1. The van der Waals surface area contributed by atoms with Crippen LogP contribution in [0, 0.1) is 0 Å². The van der Waals surface area contributed by atoms with Crippen LogP contribution in [0.15, 0.2) is 18.3 Å². The van der Waals surface area contributed by atoms with Crippen molar-refractivity contribution in [1.82, 2.24) is 4.98 Å². The van der Waals surface area contributed by atoms with Gasteiger partial charge in [0.2, 0.25) is 0 Å². The summed E-state index contributed by atoms with van der Waals surface area (Å²) in [6.07, 6.45) is 2.00. The van der Waals surface area contributed by atoms with Crippen LogP contribution in [0.25, 0.3) is 0 Å². The Kier molecular flexibility index (Phi) is 4.31. The summed E-state index contributed by atoms with van der Waals surface area (Å²) >= 11 is 0. The van der Waals surface area contributed by atoms with Gasteiger partial charge in [-0.3, -0.25) is 4.98 Å². The lowest BCUT2D eigenvalue weighted by Gasteiger charge is -2.18. The lowest BCUT2D eigenvalue weighted by molar-refractivity contribution is 0.586. The van der Waals surface area contributed by atoms with E-state index in [0.717, 1.165) is 0 Å². The molecule has 0 aliphatic carbocycles. The lowest BCUT2D eigenvalue weighted by Crippen LogP contribution is -2.11. The summed E-state index contributed by atoms with van der Waals surface area (Å²) in [7, 11) is 0. The molecule has 1 heteroatoms. The van der Waals surface area contributed by atoms with E-state index in [-0.39, 0.29) is 12.8 Å². The van der Waals surface area contributed by atoms with E-state index in [1.165, 1.54) is 11.3 Å². The quantitative estimate of drug-likeness (QED) is 0.653. The first kappa shape index (κ1) is 13.2. The van der Waals surface area contributed by atoms with E-state index in [1.54, 1.807) is 0 Å². The van der Waals surface area contributed by atoms with E-state index in [0.29, 0.717) is 5.92 Å². The average molecular weight is 193 g/mol. The summed E-state index contributed by atoms with van der Waals surface area (Å²) in [5, 5.41) is 0. The maximum absolute atomic E-state index is 4.44. The van der Waals surface area contributed by atoms with E-state index in [2.05, 4.69) is 51.7 Å². The monoisotopic (exact) mass is 193 g/mol. The summed E-state index contributed by atoms with van der Waals surface area (Å²) in [5.41, 5.74) is 2.69. The Balaban J connectivity index is 0.00000169. The van der Waals surface area contributed by atoms with Crippen molar-refractivity contribution in [2.75, 3.05) is 0 Å². The predicted octanol–water partition coefficient (Wildman–Crippen LogP) is 4.14. The fraction of sp³-hybridized carbons (Fsp3) is 0.615. The highest BCUT2D eigenvalue weighted by Gasteiger charge is 2.13. The minimum Gasteiger partial charge on any atom is -0.261 e. The third-order valence-corrected chi connectivity index (χ3v) is 2.24. The molecule has 0 aliphatic heterocycles. The van der Waals surface area contributed by atoms with Gasteiger partial charge < -0.3 is 0 Å². The molecule has 0 spiro atoms. The van der Waals surface area contributed by atoms with Crippen LogP contribution in [0.1, 0.15) is 59.2 Å². The second kappa shape index (κ2) is 4.59. The molecule has 1 nitrogen and oxygen atoms in total. The Morgan fingerprint density at radius 2 is 1.71 bits per heavy atom. The number of rotatable bonds is 1. The largest absolute Gasteiger partial charge is 0.261 e. The van der Waals surface area contributed by atoms with Crippen LogP contribution in [0.3, 0.4) is 0 Å². The van der Waals surface area contributed by atoms with Gasteiger partial charge in [0, 0.05) is 11.9 Å². The Hall–Kier alpha value is -0.850. The van der Waals surface area contributed by atoms with Crippen LogP contribution < -0.4 is 0 Å². The number of aromatic nitrogens is 1. The normalized spacial score (nSPS) is 11.3. The fourth-order valence-corrected chi connectivity index (χ4v) is 1.19. The Bertz CT molecular complexity index is 264. The van der Waals surface area contributed by atoms with E-state index < -0.39 is 0 Å². The highest BCUT2D eigenvalue weighted by Crippen LogP contribution is 2.22. The van der Waals surface area contributed by atoms with Gasteiger partial charge >= 0.3 is 0 Å². The van der Waals surface area contributed by atoms with Crippen molar-refractivity contribution >= 4 is 0 Å². The first-order chi connectivity index (χ1) is 5.91. The van der Waals surface area contributed by atoms with Crippen molar-refractivity contribution in [2.45, 2.75) is 53.4 Å². The van der Waals surface area contributed by atoms with Crippen molar-refractivity contribution < 1.29 is 0 Å². The first-order valence-electron chi connectivity index (χ1n) is 4.87. The van der Waals surface area contributed by atoms with Gasteiger partial charge in [-0.25, -0.2) is 0 Å². The van der Waals surface area contributed by atoms with Crippen LogP contribution >= 0.6 is 0 Å². The van der Waals surface area contributed by atoms with Crippen LogP contribution in [-0.4, -0.2) is 4.98 Å². The standard InChI is InChI=1S/C12H19N.CH4/c1-9(2)11-7-6-10(8-13-11)12(3,4)5;/h6-9H,1-5H3;1H4. The Morgan fingerprint density at radius 1 is 1.14 bits per heavy atom. The molecule has 1 aromatic rings. The molecule has 1 aromatic heterocycles. The summed E-state index contributed by atoms with van der Waals surface area (Å²) < 4.78 is 0.